The molecule has 7 heteroatoms. The Hall–Kier alpha value is -2.80. The quantitative estimate of drug-likeness (QED) is 0.779. The Bertz CT molecular complexity index is 873. The van der Waals surface area contributed by atoms with Gasteiger partial charge in [0, 0.05) is 29.4 Å². The number of anilines is 2. The van der Waals surface area contributed by atoms with Crippen LogP contribution >= 0.6 is 11.5 Å². The molecule has 0 fully saturated rings. The molecular formula is C16H15N3O3S. The number of rotatable bonds is 5. The van der Waals surface area contributed by atoms with Gasteiger partial charge < -0.3 is 14.8 Å². The molecule has 3 aromatic rings. The molecule has 118 valence electrons. The Labute approximate surface area is 137 Å². The Morgan fingerprint density at radius 3 is 2.48 bits per heavy atom. The predicted octanol–water partition coefficient (Wildman–Crippen LogP) is 3.05. The lowest BCUT2D eigenvalue weighted by atomic mass is 10.3. The van der Waals surface area contributed by atoms with Crippen LogP contribution in [0.3, 0.4) is 0 Å². The van der Waals surface area contributed by atoms with Gasteiger partial charge in [-0.25, -0.2) is 4.57 Å². The van der Waals surface area contributed by atoms with Gasteiger partial charge in [0.05, 0.1) is 19.9 Å². The standard InChI is InChI=1S/C16H15N3O3S/c1-21-13-7-3-5-11(9-13)17-15-18-23-16(20)19(15)12-6-4-8-14(10-12)22-2/h3-10H,1-2H3,(H,17,18). The van der Waals surface area contributed by atoms with E-state index in [1.807, 2.05) is 42.5 Å². The van der Waals surface area contributed by atoms with Crippen LogP contribution in [0.1, 0.15) is 0 Å². The molecule has 0 atom stereocenters. The Morgan fingerprint density at radius 1 is 1.04 bits per heavy atom. The number of methoxy groups -OCH3 is 2. The van der Waals surface area contributed by atoms with Crippen LogP contribution < -0.4 is 19.7 Å². The monoisotopic (exact) mass is 329 g/mol. The van der Waals surface area contributed by atoms with E-state index in [2.05, 4.69) is 9.69 Å². The molecule has 0 aliphatic heterocycles. The average Bonchev–Trinajstić information content (AvgIpc) is 2.95. The first-order chi connectivity index (χ1) is 11.2. The number of aromatic nitrogens is 2. The van der Waals surface area contributed by atoms with Gasteiger partial charge in [-0.2, -0.15) is 4.37 Å². The summed E-state index contributed by atoms with van der Waals surface area (Å²) in [4.78, 5) is 12.0. The maximum Gasteiger partial charge on any atom is 0.332 e. The molecule has 6 nitrogen and oxygen atoms in total. The molecule has 23 heavy (non-hydrogen) atoms. The summed E-state index contributed by atoms with van der Waals surface area (Å²) in [7, 11) is 3.19. The highest BCUT2D eigenvalue weighted by Gasteiger charge is 2.12. The molecule has 0 saturated heterocycles. The molecule has 0 unspecified atom stereocenters. The smallest absolute Gasteiger partial charge is 0.332 e. The van der Waals surface area contributed by atoms with E-state index >= 15 is 0 Å². The summed E-state index contributed by atoms with van der Waals surface area (Å²) in [5.74, 6) is 1.84. The van der Waals surface area contributed by atoms with Crippen molar-refractivity contribution in [3.8, 4) is 17.2 Å². The van der Waals surface area contributed by atoms with Crippen LogP contribution in [0.5, 0.6) is 11.5 Å². The molecule has 1 heterocycles. The Kier molecular flexibility index (Phi) is 4.29. The molecular weight excluding hydrogens is 314 g/mol. The van der Waals surface area contributed by atoms with Crippen molar-refractivity contribution in [2.75, 3.05) is 19.5 Å². The van der Waals surface area contributed by atoms with Crippen LogP contribution in [0.15, 0.2) is 53.3 Å². The lowest BCUT2D eigenvalue weighted by Crippen LogP contribution is -2.13. The summed E-state index contributed by atoms with van der Waals surface area (Å²) in [6, 6.07) is 14.7. The summed E-state index contributed by atoms with van der Waals surface area (Å²) in [5.41, 5.74) is 1.47. The molecule has 0 amide bonds. The van der Waals surface area contributed by atoms with Gasteiger partial charge in [-0.15, -0.1) is 0 Å². The van der Waals surface area contributed by atoms with Gasteiger partial charge in [0.1, 0.15) is 11.5 Å². The summed E-state index contributed by atoms with van der Waals surface area (Å²) >= 11 is 0.891. The summed E-state index contributed by atoms with van der Waals surface area (Å²) in [6.07, 6.45) is 0. The van der Waals surface area contributed by atoms with Crippen LogP contribution in [-0.2, 0) is 0 Å². The van der Waals surface area contributed by atoms with Crippen molar-refractivity contribution < 1.29 is 9.47 Å². The van der Waals surface area contributed by atoms with Crippen molar-refractivity contribution in [3.05, 3.63) is 58.2 Å². The fourth-order valence-electron chi connectivity index (χ4n) is 2.14. The van der Waals surface area contributed by atoms with Crippen molar-refractivity contribution in [2.24, 2.45) is 0 Å². The molecule has 3 rings (SSSR count). The third-order valence-electron chi connectivity index (χ3n) is 3.24. The van der Waals surface area contributed by atoms with E-state index in [9.17, 15) is 4.79 Å². The minimum Gasteiger partial charge on any atom is -0.497 e. The average molecular weight is 329 g/mol. The van der Waals surface area contributed by atoms with Gasteiger partial charge in [0.25, 0.3) is 0 Å². The van der Waals surface area contributed by atoms with Gasteiger partial charge in [0.15, 0.2) is 0 Å². The zero-order valence-corrected chi connectivity index (χ0v) is 13.5. The van der Waals surface area contributed by atoms with E-state index in [-0.39, 0.29) is 4.87 Å². The zero-order chi connectivity index (χ0) is 16.2. The predicted molar refractivity (Wildman–Crippen MR) is 90.5 cm³/mol. The highest BCUT2D eigenvalue weighted by molar-refractivity contribution is 7.03. The second kappa shape index (κ2) is 6.53. The molecule has 0 bridgehead atoms. The summed E-state index contributed by atoms with van der Waals surface area (Å²) in [5, 5.41) is 3.15. The molecule has 0 aliphatic carbocycles. The first kappa shape index (κ1) is 15.1. The number of nitrogens with one attached hydrogen (secondary N) is 1. The van der Waals surface area contributed by atoms with E-state index in [4.69, 9.17) is 9.47 Å². The third-order valence-corrected chi connectivity index (χ3v) is 3.84. The van der Waals surface area contributed by atoms with Crippen LogP contribution in [0, 0.1) is 0 Å². The van der Waals surface area contributed by atoms with Crippen molar-refractivity contribution in [1.29, 1.82) is 0 Å². The number of nitrogens with zero attached hydrogens (tertiary/aromatic N) is 2. The number of hydrogen-bond acceptors (Lipinski definition) is 6. The van der Waals surface area contributed by atoms with Crippen molar-refractivity contribution in [3.63, 3.8) is 0 Å². The highest BCUT2D eigenvalue weighted by Crippen LogP contribution is 2.23. The molecule has 0 spiro atoms. The van der Waals surface area contributed by atoms with Crippen molar-refractivity contribution >= 4 is 23.2 Å². The second-order valence-corrected chi connectivity index (χ2v) is 5.38. The van der Waals surface area contributed by atoms with Crippen LogP contribution in [-0.4, -0.2) is 23.2 Å². The van der Waals surface area contributed by atoms with E-state index in [0.29, 0.717) is 17.4 Å². The van der Waals surface area contributed by atoms with Gasteiger partial charge in [0.2, 0.25) is 5.95 Å². The van der Waals surface area contributed by atoms with Gasteiger partial charge in [-0.05, 0) is 24.3 Å². The number of hydrogen-bond donors (Lipinski definition) is 1. The molecule has 1 aromatic heterocycles. The maximum atomic E-state index is 12.2. The van der Waals surface area contributed by atoms with Crippen LogP contribution in [0.2, 0.25) is 0 Å². The van der Waals surface area contributed by atoms with Crippen molar-refractivity contribution in [1.82, 2.24) is 8.94 Å². The van der Waals surface area contributed by atoms with Gasteiger partial charge in [-0.1, -0.05) is 12.1 Å². The minimum absolute atomic E-state index is 0.177. The fraction of sp³-hybridized carbons (Fsp3) is 0.125. The Balaban J connectivity index is 1.99. The minimum atomic E-state index is -0.177. The third kappa shape index (κ3) is 3.19. The summed E-state index contributed by atoms with van der Waals surface area (Å²) in [6.45, 7) is 0. The topological polar surface area (TPSA) is 65.4 Å². The van der Waals surface area contributed by atoms with E-state index in [1.165, 1.54) is 4.57 Å². The van der Waals surface area contributed by atoms with E-state index < -0.39 is 0 Å². The first-order valence-corrected chi connectivity index (χ1v) is 7.63. The molecule has 1 N–H and O–H groups in total. The van der Waals surface area contributed by atoms with Crippen molar-refractivity contribution in [2.45, 2.75) is 0 Å². The molecule has 2 aromatic carbocycles. The lowest BCUT2D eigenvalue weighted by Gasteiger charge is -2.10. The molecule has 0 radical (unpaired) electrons. The molecule has 0 aliphatic rings. The zero-order valence-electron chi connectivity index (χ0n) is 12.6. The van der Waals surface area contributed by atoms with Crippen LogP contribution in [0.25, 0.3) is 5.69 Å². The number of ether oxygens (including phenoxy) is 2. The van der Waals surface area contributed by atoms with Gasteiger partial charge in [-0.3, -0.25) is 4.79 Å². The normalized spacial score (nSPS) is 10.3. The molecule has 0 saturated carbocycles. The SMILES string of the molecule is COc1cccc(Nc2nsc(=O)n2-c2cccc(OC)c2)c1. The fourth-order valence-corrected chi connectivity index (χ4v) is 2.70. The van der Waals surface area contributed by atoms with E-state index in [0.717, 1.165) is 23.0 Å². The van der Waals surface area contributed by atoms with E-state index in [1.54, 1.807) is 20.3 Å². The van der Waals surface area contributed by atoms with Gasteiger partial charge >= 0.3 is 4.87 Å². The maximum absolute atomic E-state index is 12.2. The Morgan fingerprint density at radius 2 is 1.74 bits per heavy atom. The first-order valence-electron chi connectivity index (χ1n) is 6.85. The largest absolute Gasteiger partial charge is 0.497 e. The second-order valence-electron chi connectivity index (χ2n) is 4.67. The summed E-state index contributed by atoms with van der Waals surface area (Å²) < 4.78 is 16.1. The lowest BCUT2D eigenvalue weighted by molar-refractivity contribution is 0.414. The highest BCUT2D eigenvalue weighted by atomic mass is 32.1. The van der Waals surface area contributed by atoms with Crippen LogP contribution in [0.4, 0.5) is 11.6 Å². The number of benzene rings is 2.